The quantitative estimate of drug-likeness (QED) is 0.776. The lowest BCUT2D eigenvalue weighted by atomic mass is 9.96. The van der Waals surface area contributed by atoms with E-state index in [0.717, 1.165) is 32.5 Å². The average molecular weight is 364 g/mol. The normalized spacial score (nSPS) is 22.7. The summed E-state index contributed by atoms with van der Waals surface area (Å²) in [4.78, 5) is 16.6. The number of rotatable bonds is 6. The topological polar surface area (TPSA) is 54.3 Å². The van der Waals surface area contributed by atoms with E-state index in [9.17, 15) is 4.79 Å². The number of piperidine rings is 1. The minimum atomic E-state index is 0.282. The number of hydrogen-bond acceptors (Lipinski definition) is 5. The van der Waals surface area contributed by atoms with Gasteiger partial charge in [-0.1, -0.05) is 0 Å². The largest absolute Gasteiger partial charge is 0.342 e. The Labute approximate surface area is 154 Å². The molecular formula is C18H29N5OS. The lowest BCUT2D eigenvalue weighted by molar-refractivity contribution is -0.129. The maximum atomic E-state index is 12.1. The van der Waals surface area contributed by atoms with Crippen molar-refractivity contribution in [2.45, 2.75) is 57.0 Å². The van der Waals surface area contributed by atoms with Crippen molar-refractivity contribution in [3.05, 3.63) is 11.6 Å². The summed E-state index contributed by atoms with van der Waals surface area (Å²) in [6, 6.07) is 0.624. The molecule has 4 rings (SSSR count). The van der Waals surface area contributed by atoms with Gasteiger partial charge in [0, 0.05) is 25.0 Å². The fourth-order valence-electron chi connectivity index (χ4n) is 4.20. The SMILES string of the molecule is CSCC(=O)N1CCC(c2nnc(CN3CCCC3)n2C2CC2)CC1. The Morgan fingerprint density at radius 3 is 2.44 bits per heavy atom. The summed E-state index contributed by atoms with van der Waals surface area (Å²) in [7, 11) is 0. The van der Waals surface area contributed by atoms with E-state index in [2.05, 4.69) is 19.7 Å². The highest BCUT2D eigenvalue weighted by molar-refractivity contribution is 7.99. The summed E-state index contributed by atoms with van der Waals surface area (Å²) in [5.41, 5.74) is 0. The highest BCUT2D eigenvalue weighted by Gasteiger charge is 2.34. The van der Waals surface area contributed by atoms with Crippen molar-refractivity contribution in [3.8, 4) is 0 Å². The molecule has 1 amide bonds. The van der Waals surface area contributed by atoms with Crippen molar-refractivity contribution in [3.63, 3.8) is 0 Å². The van der Waals surface area contributed by atoms with Gasteiger partial charge in [-0.25, -0.2) is 0 Å². The smallest absolute Gasteiger partial charge is 0.232 e. The van der Waals surface area contributed by atoms with Gasteiger partial charge in [-0.15, -0.1) is 10.2 Å². The highest BCUT2D eigenvalue weighted by atomic mass is 32.2. The van der Waals surface area contributed by atoms with Crippen molar-refractivity contribution in [1.82, 2.24) is 24.6 Å². The molecule has 3 aliphatic rings. The van der Waals surface area contributed by atoms with Crippen LogP contribution in [0.3, 0.4) is 0 Å². The van der Waals surface area contributed by atoms with E-state index in [1.165, 1.54) is 50.4 Å². The second-order valence-electron chi connectivity index (χ2n) is 7.65. The molecule has 0 N–H and O–H groups in total. The van der Waals surface area contributed by atoms with Gasteiger partial charge in [0.15, 0.2) is 0 Å². The van der Waals surface area contributed by atoms with Crippen molar-refractivity contribution < 1.29 is 4.79 Å². The predicted molar refractivity (Wildman–Crippen MR) is 99.7 cm³/mol. The van der Waals surface area contributed by atoms with Crippen LogP contribution in [0.4, 0.5) is 0 Å². The summed E-state index contributed by atoms with van der Waals surface area (Å²) >= 11 is 1.61. The van der Waals surface area contributed by atoms with Crippen LogP contribution in [-0.4, -0.2) is 68.7 Å². The van der Waals surface area contributed by atoms with Crippen molar-refractivity contribution in [2.75, 3.05) is 38.2 Å². The third kappa shape index (κ3) is 3.87. The van der Waals surface area contributed by atoms with Crippen LogP contribution in [0.15, 0.2) is 0 Å². The Balaban J connectivity index is 1.44. The number of thioether (sulfide) groups is 1. The lowest BCUT2D eigenvalue weighted by Gasteiger charge is -2.31. The summed E-state index contributed by atoms with van der Waals surface area (Å²) in [5, 5.41) is 9.22. The van der Waals surface area contributed by atoms with Gasteiger partial charge >= 0.3 is 0 Å². The molecule has 0 atom stereocenters. The zero-order valence-corrected chi connectivity index (χ0v) is 16.0. The van der Waals surface area contributed by atoms with Gasteiger partial charge < -0.3 is 9.47 Å². The summed E-state index contributed by atoms with van der Waals surface area (Å²) in [6.45, 7) is 5.08. The van der Waals surface area contributed by atoms with Gasteiger partial charge in [-0.3, -0.25) is 9.69 Å². The van der Waals surface area contributed by atoms with E-state index < -0.39 is 0 Å². The zero-order valence-electron chi connectivity index (χ0n) is 15.2. The molecule has 138 valence electrons. The van der Waals surface area contributed by atoms with Gasteiger partial charge in [0.2, 0.25) is 5.91 Å². The number of nitrogens with zero attached hydrogens (tertiary/aromatic N) is 5. The molecule has 1 saturated carbocycles. The third-order valence-electron chi connectivity index (χ3n) is 5.75. The average Bonchev–Trinajstić information content (AvgIpc) is 3.17. The Hall–Kier alpha value is -1.08. The predicted octanol–water partition coefficient (Wildman–Crippen LogP) is 2.28. The van der Waals surface area contributed by atoms with E-state index in [1.54, 1.807) is 11.8 Å². The number of likely N-dealkylation sites (tertiary alicyclic amines) is 2. The molecule has 2 aliphatic heterocycles. The Bertz CT molecular complexity index is 601. The molecular weight excluding hydrogens is 334 g/mol. The fourth-order valence-corrected chi connectivity index (χ4v) is 4.63. The Kier molecular flexibility index (Phi) is 5.31. The molecule has 7 heteroatoms. The van der Waals surface area contributed by atoms with Crippen molar-refractivity contribution in [1.29, 1.82) is 0 Å². The molecule has 3 fully saturated rings. The van der Waals surface area contributed by atoms with Crippen LogP contribution in [-0.2, 0) is 11.3 Å². The number of carbonyl (C=O) groups is 1. The molecule has 0 bridgehead atoms. The van der Waals surface area contributed by atoms with Crippen LogP contribution < -0.4 is 0 Å². The second-order valence-corrected chi connectivity index (χ2v) is 8.51. The van der Waals surface area contributed by atoms with E-state index in [0.29, 0.717) is 17.7 Å². The van der Waals surface area contributed by atoms with Crippen molar-refractivity contribution >= 4 is 17.7 Å². The highest BCUT2D eigenvalue weighted by Crippen LogP contribution is 2.40. The minimum Gasteiger partial charge on any atom is -0.342 e. The minimum absolute atomic E-state index is 0.282. The van der Waals surface area contributed by atoms with E-state index in [-0.39, 0.29) is 5.91 Å². The standard InChI is InChI=1S/C18H29N5OS/c1-25-13-17(24)22-10-6-14(7-11-22)18-20-19-16(23(18)15-4-5-15)12-21-8-2-3-9-21/h14-15H,2-13H2,1H3. The van der Waals surface area contributed by atoms with Crippen molar-refractivity contribution in [2.24, 2.45) is 0 Å². The van der Waals surface area contributed by atoms with E-state index >= 15 is 0 Å². The van der Waals surface area contributed by atoms with Crippen LogP contribution in [0.25, 0.3) is 0 Å². The molecule has 6 nitrogen and oxygen atoms in total. The van der Waals surface area contributed by atoms with Gasteiger partial charge in [0.05, 0.1) is 12.3 Å². The van der Waals surface area contributed by atoms with Crippen LogP contribution in [0.1, 0.15) is 62.1 Å². The first-order valence-corrected chi connectivity index (χ1v) is 11.1. The summed E-state index contributed by atoms with van der Waals surface area (Å²) in [5.74, 6) is 3.69. The van der Waals surface area contributed by atoms with Gasteiger partial charge in [-0.2, -0.15) is 11.8 Å². The summed E-state index contributed by atoms with van der Waals surface area (Å²) in [6.07, 6.45) is 9.19. The molecule has 0 radical (unpaired) electrons. The summed E-state index contributed by atoms with van der Waals surface area (Å²) < 4.78 is 2.46. The maximum absolute atomic E-state index is 12.1. The van der Waals surface area contributed by atoms with Gasteiger partial charge in [-0.05, 0) is 57.9 Å². The molecule has 25 heavy (non-hydrogen) atoms. The zero-order chi connectivity index (χ0) is 17.2. The molecule has 1 aromatic heterocycles. The first-order chi connectivity index (χ1) is 12.3. The van der Waals surface area contributed by atoms with E-state index in [4.69, 9.17) is 0 Å². The lowest BCUT2D eigenvalue weighted by Crippen LogP contribution is -2.39. The molecule has 0 unspecified atom stereocenters. The van der Waals surface area contributed by atoms with Crippen LogP contribution in [0, 0.1) is 0 Å². The van der Waals surface area contributed by atoms with Crippen LogP contribution in [0.5, 0.6) is 0 Å². The molecule has 2 saturated heterocycles. The number of aromatic nitrogens is 3. The maximum Gasteiger partial charge on any atom is 0.232 e. The van der Waals surface area contributed by atoms with Crippen LogP contribution in [0.2, 0.25) is 0 Å². The molecule has 0 spiro atoms. The number of hydrogen-bond donors (Lipinski definition) is 0. The first-order valence-electron chi connectivity index (χ1n) is 9.69. The Morgan fingerprint density at radius 2 is 1.80 bits per heavy atom. The van der Waals surface area contributed by atoms with Crippen LogP contribution >= 0.6 is 11.8 Å². The molecule has 1 aromatic rings. The van der Waals surface area contributed by atoms with Gasteiger partial charge in [0.1, 0.15) is 11.6 Å². The fraction of sp³-hybridized carbons (Fsp3) is 0.833. The van der Waals surface area contributed by atoms with E-state index in [1.807, 2.05) is 11.2 Å². The van der Waals surface area contributed by atoms with Gasteiger partial charge in [0.25, 0.3) is 0 Å². The monoisotopic (exact) mass is 363 g/mol. The molecule has 1 aliphatic carbocycles. The molecule has 0 aromatic carbocycles. The molecule has 3 heterocycles. The Morgan fingerprint density at radius 1 is 1.08 bits per heavy atom. The number of carbonyl (C=O) groups excluding carboxylic acids is 1. The number of amides is 1. The first kappa shape index (κ1) is 17.3. The third-order valence-corrected chi connectivity index (χ3v) is 6.28. The second kappa shape index (κ2) is 7.66.